The van der Waals surface area contributed by atoms with Crippen molar-refractivity contribution in [1.82, 2.24) is 0 Å². The molecule has 2 aromatic rings. The summed E-state index contributed by atoms with van der Waals surface area (Å²) in [6.07, 6.45) is 0.613. The van der Waals surface area contributed by atoms with Crippen LogP contribution in [-0.4, -0.2) is 77.3 Å². The van der Waals surface area contributed by atoms with Crippen LogP contribution in [0.15, 0.2) is 36.4 Å². The number of epoxide rings is 4. The van der Waals surface area contributed by atoms with Crippen LogP contribution >= 0.6 is 0 Å². The smallest absolute Gasteiger partial charge is 0.134 e. The van der Waals surface area contributed by atoms with Gasteiger partial charge in [-0.2, -0.15) is 0 Å². The molecule has 8 heteroatoms. The average molecular weight is 442 g/mol. The van der Waals surface area contributed by atoms with E-state index in [-0.39, 0.29) is 24.4 Å². The fourth-order valence-electron chi connectivity index (χ4n) is 3.30. The Balaban J connectivity index is 1.31. The molecule has 2 aromatic carbocycles. The van der Waals surface area contributed by atoms with Crippen LogP contribution in [0.25, 0.3) is 11.1 Å². The van der Waals surface area contributed by atoms with Gasteiger partial charge in [-0.1, -0.05) is 12.1 Å². The van der Waals surface area contributed by atoms with Gasteiger partial charge in [-0.25, -0.2) is 0 Å². The van der Waals surface area contributed by atoms with E-state index in [9.17, 15) is 0 Å². The third-order valence-electron chi connectivity index (χ3n) is 5.49. The first-order chi connectivity index (χ1) is 15.8. The first-order valence-corrected chi connectivity index (χ1v) is 11.1. The minimum Gasteiger partial charge on any atom is -0.491 e. The molecule has 8 nitrogen and oxygen atoms in total. The number of ether oxygens (including phenoxy) is 8. The van der Waals surface area contributed by atoms with Crippen molar-refractivity contribution in [3.63, 3.8) is 0 Å². The molecule has 4 heterocycles. The van der Waals surface area contributed by atoms with Gasteiger partial charge in [-0.15, -0.1) is 0 Å². The molecule has 170 valence electrons. The summed E-state index contributed by atoms with van der Waals surface area (Å²) in [6, 6.07) is 11.7. The average Bonchev–Trinajstić information content (AvgIpc) is 3.65. The number of hydrogen-bond donors (Lipinski definition) is 0. The maximum absolute atomic E-state index is 6.18. The summed E-state index contributed by atoms with van der Waals surface area (Å²) in [6.45, 7) is 4.94. The molecule has 0 spiro atoms. The van der Waals surface area contributed by atoms with Crippen LogP contribution in [0, 0.1) is 0 Å². The molecule has 4 aliphatic heterocycles. The molecule has 6 rings (SSSR count). The maximum atomic E-state index is 6.18. The second kappa shape index (κ2) is 8.78. The Hall–Kier alpha value is -2.52. The Kier molecular flexibility index (Phi) is 5.52. The highest BCUT2D eigenvalue weighted by Gasteiger charge is 2.28. The molecule has 4 aliphatic rings. The molecule has 0 bridgehead atoms. The predicted molar refractivity (Wildman–Crippen MR) is 113 cm³/mol. The largest absolute Gasteiger partial charge is 0.491 e. The van der Waals surface area contributed by atoms with E-state index in [0.29, 0.717) is 43.7 Å². The fraction of sp³-hybridized carbons (Fsp3) is 0.500. The molecule has 0 aliphatic carbocycles. The second-order valence-electron chi connectivity index (χ2n) is 8.39. The minimum absolute atomic E-state index is 0.129. The van der Waals surface area contributed by atoms with Crippen LogP contribution in [0.3, 0.4) is 0 Å². The number of benzene rings is 2. The van der Waals surface area contributed by atoms with Crippen molar-refractivity contribution in [2.45, 2.75) is 24.4 Å². The maximum Gasteiger partial charge on any atom is 0.134 e. The summed E-state index contributed by atoms with van der Waals surface area (Å²) in [5.74, 6) is 2.83. The molecule has 4 atom stereocenters. The lowest BCUT2D eigenvalue weighted by molar-refractivity contribution is 0.243. The van der Waals surface area contributed by atoms with E-state index in [1.165, 1.54) is 0 Å². The Bertz CT molecular complexity index is 910. The molecule has 4 unspecified atom stereocenters. The molecule has 0 amide bonds. The standard InChI is InChI=1S/C24H26O8/c1-2-15(4-16(3-1)25-7-18-9-27-18)24-22(31-13-20-11-29-20)5-17(26-8-19-10-28-19)6-23(24)32-14-21-12-30-21/h1-6,18-21H,7-14H2. The Morgan fingerprint density at radius 2 is 1.06 bits per heavy atom. The van der Waals surface area contributed by atoms with Gasteiger partial charge in [0.2, 0.25) is 0 Å². The fourth-order valence-corrected chi connectivity index (χ4v) is 3.30. The summed E-state index contributed by atoms with van der Waals surface area (Å²) < 4.78 is 45.4. The summed E-state index contributed by atoms with van der Waals surface area (Å²) in [5.41, 5.74) is 1.80. The minimum atomic E-state index is 0.129. The van der Waals surface area contributed by atoms with Gasteiger partial charge in [-0.3, -0.25) is 0 Å². The first kappa shape index (κ1) is 20.1. The van der Waals surface area contributed by atoms with Crippen molar-refractivity contribution in [3.05, 3.63) is 36.4 Å². The highest BCUT2D eigenvalue weighted by Crippen LogP contribution is 2.43. The van der Waals surface area contributed by atoms with Crippen LogP contribution in [0.1, 0.15) is 0 Å². The Labute approximate surface area is 186 Å². The van der Waals surface area contributed by atoms with E-state index in [1.54, 1.807) is 0 Å². The lowest BCUT2D eigenvalue weighted by atomic mass is 10.0. The molecule has 4 saturated heterocycles. The molecular weight excluding hydrogens is 416 g/mol. The van der Waals surface area contributed by atoms with Crippen molar-refractivity contribution < 1.29 is 37.9 Å². The van der Waals surface area contributed by atoms with Crippen molar-refractivity contribution in [2.24, 2.45) is 0 Å². The van der Waals surface area contributed by atoms with Gasteiger partial charge in [0.25, 0.3) is 0 Å². The van der Waals surface area contributed by atoms with Crippen LogP contribution in [-0.2, 0) is 18.9 Å². The van der Waals surface area contributed by atoms with Crippen LogP contribution < -0.4 is 18.9 Å². The first-order valence-electron chi connectivity index (χ1n) is 11.1. The zero-order chi connectivity index (χ0) is 21.3. The van der Waals surface area contributed by atoms with Crippen LogP contribution in [0.2, 0.25) is 0 Å². The van der Waals surface area contributed by atoms with E-state index < -0.39 is 0 Å². The van der Waals surface area contributed by atoms with E-state index in [1.807, 2.05) is 36.4 Å². The molecular formula is C24H26O8. The van der Waals surface area contributed by atoms with Crippen molar-refractivity contribution >= 4 is 0 Å². The summed E-state index contributed by atoms with van der Waals surface area (Å²) in [7, 11) is 0. The van der Waals surface area contributed by atoms with Crippen molar-refractivity contribution in [1.29, 1.82) is 0 Å². The molecule has 4 fully saturated rings. The highest BCUT2D eigenvalue weighted by molar-refractivity contribution is 5.79. The third kappa shape index (κ3) is 5.45. The van der Waals surface area contributed by atoms with Crippen LogP contribution in [0.4, 0.5) is 0 Å². The van der Waals surface area contributed by atoms with Crippen molar-refractivity contribution in [2.75, 3.05) is 52.9 Å². The van der Waals surface area contributed by atoms with Gasteiger partial charge < -0.3 is 37.9 Å². The lowest BCUT2D eigenvalue weighted by Gasteiger charge is -2.19. The molecule has 0 N–H and O–H groups in total. The quantitative estimate of drug-likeness (QED) is 0.437. The van der Waals surface area contributed by atoms with E-state index >= 15 is 0 Å². The zero-order valence-electron chi connectivity index (χ0n) is 17.7. The van der Waals surface area contributed by atoms with Crippen molar-refractivity contribution in [3.8, 4) is 34.1 Å². The van der Waals surface area contributed by atoms with Gasteiger partial charge in [0, 0.05) is 12.1 Å². The van der Waals surface area contributed by atoms with Gasteiger partial charge >= 0.3 is 0 Å². The van der Waals surface area contributed by atoms with Gasteiger partial charge in [0.05, 0.1) is 32.0 Å². The summed E-state index contributed by atoms with van der Waals surface area (Å²) >= 11 is 0. The zero-order valence-corrected chi connectivity index (χ0v) is 17.7. The Morgan fingerprint density at radius 3 is 1.56 bits per heavy atom. The number of hydrogen-bond acceptors (Lipinski definition) is 8. The van der Waals surface area contributed by atoms with E-state index in [2.05, 4.69) is 0 Å². The van der Waals surface area contributed by atoms with Gasteiger partial charge in [0.1, 0.15) is 73.8 Å². The lowest BCUT2D eigenvalue weighted by Crippen LogP contribution is -2.10. The highest BCUT2D eigenvalue weighted by atomic mass is 16.6. The molecule has 0 aromatic heterocycles. The third-order valence-corrected chi connectivity index (χ3v) is 5.49. The van der Waals surface area contributed by atoms with E-state index in [4.69, 9.17) is 37.9 Å². The topological polar surface area (TPSA) is 87.0 Å². The normalized spacial score (nSPS) is 26.9. The summed E-state index contributed by atoms with van der Waals surface area (Å²) in [4.78, 5) is 0. The van der Waals surface area contributed by atoms with Crippen LogP contribution in [0.5, 0.6) is 23.0 Å². The monoisotopic (exact) mass is 442 g/mol. The number of rotatable bonds is 13. The predicted octanol–water partition coefficient (Wildman–Crippen LogP) is 2.46. The van der Waals surface area contributed by atoms with E-state index in [0.717, 1.165) is 43.3 Å². The summed E-state index contributed by atoms with van der Waals surface area (Å²) in [5, 5.41) is 0. The molecule has 0 saturated carbocycles. The van der Waals surface area contributed by atoms with Gasteiger partial charge in [-0.05, 0) is 17.7 Å². The Morgan fingerprint density at radius 1 is 0.594 bits per heavy atom. The molecule has 0 radical (unpaired) electrons. The van der Waals surface area contributed by atoms with Gasteiger partial charge in [0.15, 0.2) is 0 Å². The SMILES string of the molecule is c1cc(OCC2CO2)cc(-c2c(OCC3CO3)cc(OCC3CO3)cc2OCC2CO2)c1. The molecule has 32 heavy (non-hydrogen) atoms. The second-order valence-corrected chi connectivity index (χ2v) is 8.39.